The Labute approximate surface area is 326 Å². The van der Waals surface area contributed by atoms with Gasteiger partial charge in [-0.1, -0.05) is 86.3 Å². The van der Waals surface area contributed by atoms with E-state index >= 15 is 0 Å². The summed E-state index contributed by atoms with van der Waals surface area (Å²) < 4.78 is 2.34. The highest BCUT2D eigenvalue weighted by atomic mass is 32.2. The Kier molecular flexibility index (Phi) is 7.61. The molecule has 4 heterocycles. The Morgan fingerprint density at radius 2 is 1.11 bits per heavy atom. The van der Waals surface area contributed by atoms with Gasteiger partial charge in [-0.15, -0.1) is 15.9 Å². The third-order valence-corrected chi connectivity index (χ3v) is 14.4. The lowest BCUT2D eigenvalue weighted by atomic mass is 9.73. The molecule has 0 spiro atoms. The number of allylic oxidation sites excluding steroid dienone is 3. The fourth-order valence-electron chi connectivity index (χ4n) is 8.88. The minimum absolute atomic E-state index is 0.0895. The number of hydrogen-bond acceptors (Lipinski definition) is 5. The van der Waals surface area contributed by atoms with E-state index in [9.17, 15) is 9.90 Å². The molecule has 0 amide bonds. The summed E-state index contributed by atoms with van der Waals surface area (Å²) in [6.45, 7) is 21.9. The Morgan fingerprint density at radius 1 is 0.630 bits per heavy atom. The lowest BCUT2D eigenvalue weighted by Gasteiger charge is -2.41. The first kappa shape index (κ1) is 34.8. The molecule has 3 aliphatic heterocycles. The summed E-state index contributed by atoms with van der Waals surface area (Å²) in [6, 6.07) is 29.0. The van der Waals surface area contributed by atoms with Crippen molar-refractivity contribution in [2.75, 3.05) is 4.90 Å². The molecular weight excluding hydrogens is 701 g/mol. The maximum Gasteiger partial charge on any atom is 0.251 e. The molecule has 0 atom stereocenters. The number of hydrogen-bond donors (Lipinski definition) is 1. The number of aliphatic hydroxyl groups excluding tert-OH is 1. The third kappa shape index (κ3) is 4.89. The number of thioether (sulfide) groups is 1. The van der Waals surface area contributed by atoms with Gasteiger partial charge in [0.1, 0.15) is 10.8 Å². The Bertz CT molecular complexity index is 2570. The van der Waals surface area contributed by atoms with Gasteiger partial charge >= 0.3 is 0 Å². The predicted molar refractivity (Wildman–Crippen MR) is 229 cm³/mol. The number of carbonyl (C=O) groups excluding carboxylic acids is 1. The van der Waals surface area contributed by atoms with Crippen LogP contribution in [-0.4, -0.2) is 15.9 Å². The molecule has 1 N–H and O–H groups in total. The second-order valence-electron chi connectivity index (χ2n) is 16.6. The first-order valence-electron chi connectivity index (χ1n) is 18.7. The summed E-state index contributed by atoms with van der Waals surface area (Å²) in [5, 5.41) is 13.9. The number of fused-ring (bicyclic) bond motifs is 4. The van der Waals surface area contributed by atoms with Crippen molar-refractivity contribution in [2.45, 2.75) is 80.1 Å². The van der Waals surface area contributed by atoms with Crippen molar-refractivity contribution in [3.63, 3.8) is 0 Å². The number of ketones is 1. The lowest BCUT2D eigenvalue weighted by molar-refractivity contribution is -0.111. The van der Waals surface area contributed by atoms with Crippen molar-refractivity contribution in [3.05, 3.63) is 162 Å². The van der Waals surface area contributed by atoms with Crippen molar-refractivity contribution < 1.29 is 9.90 Å². The summed E-state index contributed by atoms with van der Waals surface area (Å²) >= 11 is 3.16. The van der Waals surface area contributed by atoms with Crippen LogP contribution in [-0.2, 0) is 15.6 Å². The van der Waals surface area contributed by atoms with Gasteiger partial charge in [-0.25, -0.2) is 0 Å². The fourth-order valence-corrected chi connectivity index (χ4v) is 11.4. The molecule has 4 aromatic carbocycles. The van der Waals surface area contributed by atoms with Crippen molar-refractivity contribution in [3.8, 4) is 0 Å². The predicted octanol–water partition coefficient (Wildman–Crippen LogP) is 12.8. The van der Waals surface area contributed by atoms with E-state index in [-0.39, 0.29) is 22.4 Å². The quantitative estimate of drug-likeness (QED) is 0.144. The molecule has 4 aliphatic rings. The number of anilines is 3. The molecule has 6 heteroatoms. The van der Waals surface area contributed by atoms with Gasteiger partial charge in [0.2, 0.25) is 17.2 Å². The highest BCUT2D eigenvalue weighted by Gasteiger charge is 2.46. The topological polar surface area (TPSA) is 43.5 Å². The molecule has 5 aromatic rings. The number of thiophene rings is 1. The highest BCUT2D eigenvalue weighted by Crippen LogP contribution is 2.56. The van der Waals surface area contributed by atoms with E-state index in [1.165, 1.54) is 44.5 Å². The molecule has 0 fully saturated rings. The lowest BCUT2D eigenvalue weighted by Crippen LogP contribution is -2.30. The maximum absolute atomic E-state index is 14.3. The van der Waals surface area contributed by atoms with Gasteiger partial charge < -0.3 is 10.0 Å². The highest BCUT2D eigenvalue weighted by molar-refractivity contribution is 8.18. The SMILES string of the molecule is CC1=CC(=[N+]2c3ccc(C)cc3C(C)(C)c3cc(C)ccc32)S/C1=C1\C(=O)C(c2sc(N3c4ccc(C)cc4C(C)(C)c4cc(C)ccc43)cc2C)=C1O. The van der Waals surface area contributed by atoms with Crippen LogP contribution in [0.1, 0.15) is 89.6 Å². The van der Waals surface area contributed by atoms with Crippen molar-refractivity contribution in [2.24, 2.45) is 0 Å². The van der Waals surface area contributed by atoms with Crippen LogP contribution in [0, 0.1) is 34.6 Å². The minimum atomic E-state index is -0.174. The summed E-state index contributed by atoms with van der Waals surface area (Å²) in [4.78, 5) is 18.3. The summed E-state index contributed by atoms with van der Waals surface area (Å²) in [7, 11) is 0. The maximum atomic E-state index is 14.3. The molecule has 0 saturated heterocycles. The van der Waals surface area contributed by atoms with E-state index < -0.39 is 0 Å². The van der Waals surface area contributed by atoms with Gasteiger partial charge in [0, 0.05) is 49.9 Å². The Hall–Kier alpha value is -4.91. The van der Waals surface area contributed by atoms with E-state index in [4.69, 9.17) is 0 Å². The molecule has 0 radical (unpaired) electrons. The van der Waals surface area contributed by atoms with Gasteiger partial charge in [-0.05, 0) is 106 Å². The zero-order valence-corrected chi connectivity index (χ0v) is 34.3. The number of benzene rings is 4. The average molecular weight is 746 g/mol. The van der Waals surface area contributed by atoms with E-state index in [2.05, 4.69) is 150 Å². The van der Waals surface area contributed by atoms with Gasteiger partial charge in [-0.3, -0.25) is 4.79 Å². The zero-order valence-electron chi connectivity index (χ0n) is 32.6. The molecular formula is C48H45N2O2S2+. The minimum Gasteiger partial charge on any atom is -0.506 e. The van der Waals surface area contributed by atoms with Gasteiger partial charge in [0.05, 0.1) is 22.5 Å². The van der Waals surface area contributed by atoms with E-state index in [1.807, 2.05) is 13.8 Å². The van der Waals surface area contributed by atoms with Crippen molar-refractivity contribution in [1.82, 2.24) is 4.58 Å². The molecule has 9 rings (SSSR count). The monoisotopic (exact) mass is 745 g/mol. The molecule has 54 heavy (non-hydrogen) atoms. The summed E-state index contributed by atoms with van der Waals surface area (Å²) in [6.07, 6.45) is 2.17. The number of carbonyl (C=O) groups is 1. The molecule has 0 saturated carbocycles. The Balaban J connectivity index is 1.14. The van der Waals surface area contributed by atoms with Crippen LogP contribution in [0.15, 0.2) is 107 Å². The number of aliphatic hydroxyl groups is 1. The Morgan fingerprint density at radius 3 is 1.63 bits per heavy atom. The van der Waals surface area contributed by atoms with Gasteiger partial charge in [0.25, 0.3) is 5.04 Å². The average Bonchev–Trinajstić information content (AvgIpc) is 3.67. The van der Waals surface area contributed by atoms with Crippen molar-refractivity contribution in [1.29, 1.82) is 0 Å². The van der Waals surface area contributed by atoms with Crippen LogP contribution >= 0.6 is 23.1 Å². The van der Waals surface area contributed by atoms with Gasteiger partial charge in [-0.2, -0.15) is 0 Å². The first-order chi connectivity index (χ1) is 25.6. The van der Waals surface area contributed by atoms with Crippen LogP contribution < -0.4 is 9.48 Å². The van der Waals surface area contributed by atoms with Crippen LogP contribution in [0.3, 0.4) is 0 Å². The normalized spacial score (nSPS) is 19.3. The van der Waals surface area contributed by atoms with Gasteiger partial charge in [0.15, 0.2) is 0 Å². The molecule has 1 aliphatic carbocycles. The molecule has 0 bridgehead atoms. The first-order valence-corrected chi connectivity index (χ1v) is 20.3. The standard InChI is InChI=1S/C48H44N2O2S2/c1-25-11-15-35-31(19-25)47(7,8)32-20-26(2)12-16-36(32)49(35)39-23-29(5)45(53-39)41-43(51)42(44(41)52)46-30(6)24-40(54-46)50-37-17-13-27(3)21-33(37)48(9,10)34-22-28(4)14-18-38(34)50/h11-24H,1-10H3/p+1. The second-order valence-corrected chi connectivity index (χ2v) is 18.7. The summed E-state index contributed by atoms with van der Waals surface area (Å²) in [5.74, 6) is -0.00851. The van der Waals surface area contributed by atoms with E-state index in [1.54, 1.807) is 23.1 Å². The smallest absolute Gasteiger partial charge is 0.251 e. The number of aryl methyl sites for hydroxylation is 5. The number of Topliss-reactive ketones (excluding diaryl/α,β-unsaturated/α-hetero) is 1. The summed E-state index contributed by atoms with van der Waals surface area (Å²) in [5.41, 5.74) is 17.1. The molecule has 270 valence electrons. The van der Waals surface area contributed by atoms with Crippen molar-refractivity contribution >= 4 is 67.2 Å². The van der Waals surface area contributed by atoms with Crippen LogP contribution in [0.4, 0.5) is 27.8 Å². The number of nitrogens with zero attached hydrogens (tertiary/aromatic N) is 2. The molecule has 0 unspecified atom stereocenters. The third-order valence-electron chi connectivity index (χ3n) is 11.9. The largest absolute Gasteiger partial charge is 0.506 e. The van der Waals surface area contributed by atoms with E-state index in [0.717, 1.165) is 53.7 Å². The second kappa shape index (κ2) is 11.8. The van der Waals surface area contributed by atoms with Crippen LogP contribution in [0.2, 0.25) is 0 Å². The van der Waals surface area contributed by atoms with E-state index in [0.29, 0.717) is 11.1 Å². The molecule has 1 aromatic heterocycles. The zero-order chi connectivity index (χ0) is 38.2. The fraction of sp³-hybridized carbons (Fsp3) is 0.250. The van der Waals surface area contributed by atoms with Crippen LogP contribution in [0.25, 0.3) is 5.57 Å². The number of rotatable bonds is 2. The molecule has 4 nitrogen and oxygen atoms in total. The van der Waals surface area contributed by atoms with Crippen LogP contribution in [0.5, 0.6) is 0 Å².